The number of rotatable bonds is 3. The fourth-order valence-electron chi connectivity index (χ4n) is 0.982. The summed E-state index contributed by atoms with van der Waals surface area (Å²) < 4.78 is 0. The molecule has 0 spiro atoms. The first-order chi connectivity index (χ1) is 7.00. The molecule has 4 nitrogen and oxygen atoms in total. The lowest BCUT2D eigenvalue weighted by Gasteiger charge is -2.13. The van der Waals surface area contributed by atoms with E-state index in [0.29, 0.717) is 5.69 Å². The van der Waals surface area contributed by atoms with Crippen LogP contribution in [0.4, 0.5) is 11.5 Å². The highest BCUT2D eigenvalue weighted by Gasteiger charge is 2.09. The fraction of sp³-hybridized carbons (Fsp3) is 0.400. The SMILES string of the molecule is C[C@H](Cl)C(=O)Nc1ccnc(N(C)C)c1. The topological polar surface area (TPSA) is 45.2 Å². The predicted octanol–water partition coefficient (Wildman–Crippen LogP) is 1.71. The van der Waals surface area contributed by atoms with Gasteiger partial charge in [-0.15, -0.1) is 11.6 Å². The van der Waals surface area contributed by atoms with Crippen molar-refractivity contribution in [3.63, 3.8) is 0 Å². The van der Waals surface area contributed by atoms with E-state index in [4.69, 9.17) is 11.6 Å². The Bertz CT molecular complexity index is 352. The Hall–Kier alpha value is -1.29. The minimum absolute atomic E-state index is 0.215. The van der Waals surface area contributed by atoms with Gasteiger partial charge in [-0.2, -0.15) is 0 Å². The van der Waals surface area contributed by atoms with Gasteiger partial charge in [0.05, 0.1) is 0 Å². The molecule has 1 heterocycles. The van der Waals surface area contributed by atoms with Crippen molar-refractivity contribution in [2.75, 3.05) is 24.3 Å². The molecule has 82 valence electrons. The Morgan fingerprint density at radius 2 is 2.27 bits per heavy atom. The molecule has 0 radical (unpaired) electrons. The Kier molecular flexibility index (Phi) is 3.91. The minimum Gasteiger partial charge on any atom is -0.363 e. The molecule has 0 bridgehead atoms. The summed E-state index contributed by atoms with van der Waals surface area (Å²) in [6, 6.07) is 3.52. The number of nitrogens with one attached hydrogen (secondary N) is 1. The fourth-order valence-corrected chi connectivity index (χ4v) is 1.04. The molecule has 0 aromatic carbocycles. The van der Waals surface area contributed by atoms with Crippen molar-refractivity contribution in [1.29, 1.82) is 0 Å². The maximum atomic E-state index is 11.3. The van der Waals surface area contributed by atoms with E-state index in [2.05, 4.69) is 10.3 Å². The summed E-state index contributed by atoms with van der Waals surface area (Å²) in [7, 11) is 3.77. The summed E-state index contributed by atoms with van der Waals surface area (Å²) in [5, 5.41) is 2.16. The van der Waals surface area contributed by atoms with Gasteiger partial charge < -0.3 is 10.2 Å². The Morgan fingerprint density at radius 3 is 2.80 bits per heavy atom. The lowest BCUT2D eigenvalue weighted by molar-refractivity contribution is -0.115. The average Bonchev–Trinajstić information content (AvgIpc) is 2.18. The number of nitrogens with zero attached hydrogens (tertiary/aromatic N) is 2. The quantitative estimate of drug-likeness (QED) is 0.800. The van der Waals surface area contributed by atoms with Gasteiger partial charge in [0.1, 0.15) is 11.2 Å². The molecule has 0 fully saturated rings. The first-order valence-corrected chi connectivity index (χ1v) is 5.02. The molecule has 1 N–H and O–H groups in total. The van der Waals surface area contributed by atoms with E-state index in [1.165, 1.54) is 0 Å². The second-order valence-corrected chi connectivity index (χ2v) is 4.06. The molecule has 5 heteroatoms. The Balaban J connectivity index is 2.78. The molecule has 15 heavy (non-hydrogen) atoms. The van der Waals surface area contributed by atoms with Crippen LogP contribution >= 0.6 is 11.6 Å². The summed E-state index contributed by atoms with van der Waals surface area (Å²) in [6.45, 7) is 1.63. The Morgan fingerprint density at radius 1 is 1.60 bits per heavy atom. The van der Waals surface area contributed by atoms with E-state index in [-0.39, 0.29) is 5.91 Å². The maximum absolute atomic E-state index is 11.3. The smallest absolute Gasteiger partial charge is 0.242 e. The molecular formula is C10H14ClN3O. The number of halogens is 1. The summed E-state index contributed by atoms with van der Waals surface area (Å²) in [5.74, 6) is 0.572. The van der Waals surface area contributed by atoms with E-state index in [0.717, 1.165) is 5.82 Å². The van der Waals surface area contributed by atoms with Crippen LogP contribution in [0.15, 0.2) is 18.3 Å². The molecule has 1 rings (SSSR count). The van der Waals surface area contributed by atoms with Crippen molar-refractivity contribution in [3.8, 4) is 0 Å². The van der Waals surface area contributed by atoms with Crippen molar-refractivity contribution >= 4 is 29.0 Å². The maximum Gasteiger partial charge on any atom is 0.242 e. The molecule has 0 aliphatic heterocycles. The highest BCUT2D eigenvalue weighted by molar-refractivity contribution is 6.32. The zero-order valence-corrected chi connectivity index (χ0v) is 9.75. The van der Waals surface area contributed by atoms with Crippen molar-refractivity contribution in [1.82, 2.24) is 4.98 Å². The van der Waals surface area contributed by atoms with Gasteiger partial charge in [0, 0.05) is 32.0 Å². The summed E-state index contributed by atoms with van der Waals surface area (Å²) in [6.07, 6.45) is 1.64. The normalized spacial score (nSPS) is 12.0. The van der Waals surface area contributed by atoms with Crippen LogP contribution in [0.1, 0.15) is 6.92 Å². The number of pyridine rings is 1. The van der Waals surface area contributed by atoms with Gasteiger partial charge >= 0.3 is 0 Å². The van der Waals surface area contributed by atoms with Crippen LogP contribution in [0.2, 0.25) is 0 Å². The monoisotopic (exact) mass is 227 g/mol. The van der Waals surface area contributed by atoms with E-state index in [1.54, 1.807) is 25.3 Å². The van der Waals surface area contributed by atoms with E-state index < -0.39 is 5.38 Å². The second-order valence-electron chi connectivity index (χ2n) is 3.40. The molecule has 1 amide bonds. The molecule has 0 aliphatic carbocycles. The van der Waals surface area contributed by atoms with Gasteiger partial charge in [0.2, 0.25) is 5.91 Å². The third kappa shape index (κ3) is 3.40. The number of carbonyl (C=O) groups excluding carboxylic acids is 1. The predicted molar refractivity (Wildman–Crippen MR) is 62.5 cm³/mol. The average molecular weight is 228 g/mol. The highest BCUT2D eigenvalue weighted by atomic mass is 35.5. The van der Waals surface area contributed by atoms with Gasteiger partial charge in [0.15, 0.2) is 0 Å². The van der Waals surface area contributed by atoms with Gasteiger partial charge in [-0.3, -0.25) is 4.79 Å². The van der Waals surface area contributed by atoms with Crippen LogP contribution in [-0.2, 0) is 4.79 Å². The van der Waals surface area contributed by atoms with Gasteiger partial charge in [0.25, 0.3) is 0 Å². The molecule has 1 aromatic rings. The van der Waals surface area contributed by atoms with Crippen molar-refractivity contribution in [3.05, 3.63) is 18.3 Å². The second kappa shape index (κ2) is 4.98. The molecule has 1 atom stereocenters. The number of aromatic nitrogens is 1. The number of alkyl halides is 1. The number of anilines is 2. The summed E-state index contributed by atoms with van der Waals surface area (Å²) >= 11 is 5.64. The Labute approximate surface area is 94.3 Å². The summed E-state index contributed by atoms with van der Waals surface area (Å²) in [4.78, 5) is 17.3. The molecule has 0 aliphatic rings. The third-order valence-electron chi connectivity index (χ3n) is 1.83. The number of hydrogen-bond acceptors (Lipinski definition) is 3. The lowest BCUT2D eigenvalue weighted by atomic mass is 10.3. The van der Waals surface area contributed by atoms with E-state index in [1.807, 2.05) is 19.0 Å². The van der Waals surface area contributed by atoms with Crippen LogP contribution < -0.4 is 10.2 Å². The van der Waals surface area contributed by atoms with Crippen molar-refractivity contribution < 1.29 is 4.79 Å². The van der Waals surface area contributed by atoms with Crippen LogP contribution in [0, 0.1) is 0 Å². The van der Waals surface area contributed by atoms with E-state index in [9.17, 15) is 4.79 Å². The molecular weight excluding hydrogens is 214 g/mol. The standard InChI is InChI=1S/C10H14ClN3O/c1-7(11)10(15)13-8-4-5-12-9(6-8)14(2)3/h4-7H,1-3H3,(H,12,13,15)/t7-/m0/s1. The van der Waals surface area contributed by atoms with Crippen LogP contribution in [0.25, 0.3) is 0 Å². The van der Waals surface area contributed by atoms with E-state index >= 15 is 0 Å². The molecule has 0 saturated heterocycles. The number of amides is 1. The highest BCUT2D eigenvalue weighted by Crippen LogP contribution is 2.14. The minimum atomic E-state index is -0.541. The zero-order chi connectivity index (χ0) is 11.4. The molecule has 0 saturated carbocycles. The van der Waals surface area contributed by atoms with Crippen LogP contribution in [0.5, 0.6) is 0 Å². The van der Waals surface area contributed by atoms with Crippen LogP contribution in [0.3, 0.4) is 0 Å². The van der Waals surface area contributed by atoms with Crippen molar-refractivity contribution in [2.45, 2.75) is 12.3 Å². The summed E-state index contributed by atoms with van der Waals surface area (Å²) in [5.41, 5.74) is 0.700. The molecule has 1 aromatic heterocycles. The largest absolute Gasteiger partial charge is 0.363 e. The van der Waals surface area contributed by atoms with Crippen LogP contribution in [-0.4, -0.2) is 30.4 Å². The lowest BCUT2D eigenvalue weighted by Crippen LogP contribution is -2.20. The number of hydrogen-bond donors (Lipinski definition) is 1. The first-order valence-electron chi connectivity index (χ1n) is 4.59. The van der Waals surface area contributed by atoms with Gasteiger partial charge in [-0.25, -0.2) is 4.98 Å². The van der Waals surface area contributed by atoms with Crippen molar-refractivity contribution in [2.24, 2.45) is 0 Å². The molecule has 0 unspecified atom stereocenters. The van der Waals surface area contributed by atoms with Gasteiger partial charge in [-0.1, -0.05) is 0 Å². The number of carbonyl (C=O) groups is 1. The third-order valence-corrected chi connectivity index (χ3v) is 2.03. The zero-order valence-electron chi connectivity index (χ0n) is 8.99. The first kappa shape index (κ1) is 11.8. The van der Waals surface area contributed by atoms with Gasteiger partial charge in [-0.05, 0) is 13.0 Å².